The lowest BCUT2D eigenvalue weighted by molar-refractivity contribution is -0.138. The van der Waals surface area contributed by atoms with Crippen molar-refractivity contribution in [1.29, 1.82) is 0 Å². The molecule has 164 valence electrons. The first kappa shape index (κ1) is 21.4. The van der Waals surface area contributed by atoms with Crippen LogP contribution in [0.3, 0.4) is 0 Å². The summed E-state index contributed by atoms with van der Waals surface area (Å²) in [5.41, 5.74) is 3.45. The molecule has 0 spiro atoms. The Morgan fingerprint density at radius 3 is 2.62 bits per heavy atom. The number of hydrogen-bond donors (Lipinski definition) is 1. The van der Waals surface area contributed by atoms with Crippen LogP contribution in [0, 0.1) is 0 Å². The molecule has 2 amide bonds. The predicted octanol–water partition coefficient (Wildman–Crippen LogP) is 4.19. The number of carbonyl (C=O) groups excluding carboxylic acids is 2. The molecule has 4 rings (SSSR count). The molecule has 32 heavy (non-hydrogen) atoms. The number of nitrogens with zero attached hydrogens (tertiary/aromatic N) is 1. The van der Waals surface area contributed by atoms with E-state index in [0.717, 1.165) is 22.4 Å². The highest BCUT2D eigenvalue weighted by Gasteiger charge is 2.28. The van der Waals surface area contributed by atoms with Crippen LogP contribution < -0.4 is 14.8 Å². The molecule has 0 radical (unpaired) electrons. The summed E-state index contributed by atoms with van der Waals surface area (Å²) in [5, 5.41) is 2.95. The van der Waals surface area contributed by atoms with Crippen molar-refractivity contribution in [2.24, 2.45) is 0 Å². The van der Waals surface area contributed by atoms with E-state index in [1.165, 1.54) is 0 Å². The summed E-state index contributed by atoms with van der Waals surface area (Å²) in [6.45, 7) is 2.58. The minimum Gasteiger partial charge on any atom is -0.497 e. The van der Waals surface area contributed by atoms with Crippen molar-refractivity contribution in [3.8, 4) is 11.5 Å². The lowest BCUT2D eigenvalue weighted by atomic mass is 10.1. The van der Waals surface area contributed by atoms with E-state index in [-0.39, 0.29) is 11.8 Å². The Hall–Kier alpha value is -3.80. The van der Waals surface area contributed by atoms with Crippen LogP contribution in [0.25, 0.3) is 0 Å². The average Bonchev–Trinajstić information content (AvgIpc) is 2.91. The molecule has 0 saturated carbocycles. The van der Waals surface area contributed by atoms with Crippen LogP contribution in [0.4, 0.5) is 5.69 Å². The lowest BCUT2D eigenvalue weighted by Gasteiger charge is -2.22. The molecule has 1 aliphatic heterocycles. The van der Waals surface area contributed by atoms with Crippen LogP contribution in [-0.4, -0.2) is 29.9 Å². The predicted molar refractivity (Wildman–Crippen MR) is 123 cm³/mol. The van der Waals surface area contributed by atoms with E-state index in [2.05, 4.69) is 5.32 Å². The van der Waals surface area contributed by atoms with Gasteiger partial charge in [0.05, 0.1) is 13.5 Å². The number of rotatable bonds is 6. The third-order valence-electron chi connectivity index (χ3n) is 5.38. The molecule has 6 nitrogen and oxygen atoms in total. The molecule has 0 aliphatic carbocycles. The minimum atomic E-state index is -0.597. The monoisotopic (exact) mass is 430 g/mol. The fourth-order valence-corrected chi connectivity index (χ4v) is 3.79. The van der Waals surface area contributed by atoms with Gasteiger partial charge in [-0.1, -0.05) is 42.5 Å². The van der Waals surface area contributed by atoms with Gasteiger partial charge in [-0.3, -0.25) is 9.59 Å². The Balaban J connectivity index is 1.51. The fraction of sp³-hybridized carbons (Fsp3) is 0.231. The van der Waals surface area contributed by atoms with E-state index in [0.29, 0.717) is 30.9 Å². The average molecular weight is 431 g/mol. The summed E-state index contributed by atoms with van der Waals surface area (Å²) in [5.74, 6) is 1.22. The molecular weight excluding hydrogens is 404 g/mol. The Morgan fingerprint density at radius 1 is 1.06 bits per heavy atom. The van der Waals surface area contributed by atoms with E-state index < -0.39 is 6.10 Å². The molecule has 1 heterocycles. The van der Waals surface area contributed by atoms with Gasteiger partial charge in [0.25, 0.3) is 5.91 Å². The molecule has 0 unspecified atom stereocenters. The topological polar surface area (TPSA) is 67.9 Å². The number of carbonyl (C=O) groups is 2. The number of ether oxygens (including phenoxy) is 2. The quantitative estimate of drug-likeness (QED) is 0.637. The summed E-state index contributed by atoms with van der Waals surface area (Å²) in [6, 6.07) is 22.8. The van der Waals surface area contributed by atoms with Crippen molar-refractivity contribution < 1.29 is 19.1 Å². The van der Waals surface area contributed by atoms with Crippen LogP contribution in [0.1, 0.15) is 23.6 Å². The van der Waals surface area contributed by atoms with E-state index in [9.17, 15) is 9.59 Å². The van der Waals surface area contributed by atoms with Crippen molar-refractivity contribution in [2.45, 2.75) is 32.5 Å². The lowest BCUT2D eigenvalue weighted by Crippen LogP contribution is -2.37. The Bertz CT molecular complexity index is 1110. The van der Waals surface area contributed by atoms with Gasteiger partial charge < -0.3 is 19.7 Å². The summed E-state index contributed by atoms with van der Waals surface area (Å²) < 4.78 is 11.2. The number of amides is 2. The molecule has 1 N–H and O–H groups in total. The summed E-state index contributed by atoms with van der Waals surface area (Å²) >= 11 is 0. The van der Waals surface area contributed by atoms with Gasteiger partial charge in [0.2, 0.25) is 5.91 Å². The van der Waals surface area contributed by atoms with E-state index in [1.54, 1.807) is 25.0 Å². The fourth-order valence-electron chi connectivity index (χ4n) is 3.79. The SMILES string of the molecule is COc1cccc(CN2Cc3cc(NC(=O)Cc4ccccc4)ccc3O[C@@H](C)C2=O)c1. The van der Waals surface area contributed by atoms with Crippen LogP contribution >= 0.6 is 0 Å². The second-order valence-electron chi connectivity index (χ2n) is 7.84. The third kappa shape index (κ3) is 5.09. The zero-order valence-corrected chi connectivity index (χ0v) is 18.2. The number of fused-ring (bicyclic) bond motifs is 1. The molecule has 6 heteroatoms. The van der Waals surface area contributed by atoms with Crippen molar-refractivity contribution in [3.05, 3.63) is 89.5 Å². The Morgan fingerprint density at radius 2 is 1.84 bits per heavy atom. The van der Waals surface area contributed by atoms with Crippen molar-refractivity contribution in [1.82, 2.24) is 4.90 Å². The number of nitrogens with one attached hydrogen (secondary N) is 1. The minimum absolute atomic E-state index is 0.0846. The Labute approximate surface area is 187 Å². The standard InChI is InChI=1S/C26H26N2O4/c1-18-26(30)28(16-20-9-6-10-23(13-20)31-2)17-21-15-22(11-12-24(21)32-18)27-25(29)14-19-7-4-3-5-8-19/h3-13,15,18H,14,16-17H2,1-2H3,(H,27,29)/t18-/m0/s1. The maximum absolute atomic E-state index is 12.9. The van der Waals surface area contributed by atoms with Crippen LogP contribution in [0.2, 0.25) is 0 Å². The molecule has 1 aliphatic rings. The first-order valence-electron chi connectivity index (χ1n) is 10.6. The third-order valence-corrected chi connectivity index (χ3v) is 5.38. The summed E-state index contributed by atoms with van der Waals surface area (Å²) in [4.78, 5) is 27.2. The van der Waals surface area contributed by atoms with Gasteiger partial charge >= 0.3 is 0 Å². The van der Waals surface area contributed by atoms with Gasteiger partial charge in [0.1, 0.15) is 11.5 Å². The van der Waals surface area contributed by atoms with Crippen LogP contribution in [0.5, 0.6) is 11.5 Å². The van der Waals surface area contributed by atoms with Crippen LogP contribution in [-0.2, 0) is 29.1 Å². The van der Waals surface area contributed by atoms with Crippen molar-refractivity contribution in [3.63, 3.8) is 0 Å². The molecule has 1 atom stereocenters. The maximum atomic E-state index is 12.9. The highest BCUT2D eigenvalue weighted by atomic mass is 16.5. The number of anilines is 1. The highest BCUT2D eigenvalue weighted by molar-refractivity contribution is 5.92. The highest BCUT2D eigenvalue weighted by Crippen LogP contribution is 2.29. The second-order valence-corrected chi connectivity index (χ2v) is 7.84. The molecule has 3 aromatic rings. The van der Waals surface area contributed by atoms with Crippen molar-refractivity contribution >= 4 is 17.5 Å². The molecule has 0 aromatic heterocycles. The van der Waals surface area contributed by atoms with Gasteiger partial charge in [-0.25, -0.2) is 0 Å². The second kappa shape index (κ2) is 9.56. The first-order chi connectivity index (χ1) is 15.5. The summed E-state index contributed by atoms with van der Waals surface area (Å²) in [6.07, 6.45) is -0.299. The van der Waals surface area contributed by atoms with Gasteiger partial charge in [-0.2, -0.15) is 0 Å². The first-order valence-corrected chi connectivity index (χ1v) is 10.6. The zero-order valence-electron chi connectivity index (χ0n) is 18.2. The van der Waals surface area contributed by atoms with Gasteiger partial charge in [0, 0.05) is 24.3 Å². The Kier molecular flexibility index (Phi) is 6.40. The normalized spacial score (nSPS) is 15.4. The zero-order chi connectivity index (χ0) is 22.5. The maximum Gasteiger partial charge on any atom is 0.263 e. The van der Waals surface area contributed by atoms with Crippen molar-refractivity contribution in [2.75, 3.05) is 12.4 Å². The molecule has 0 saturated heterocycles. The number of methoxy groups -OCH3 is 1. The van der Waals surface area contributed by atoms with Crippen LogP contribution in [0.15, 0.2) is 72.8 Å². The van der Waals surface area contributed by atoms with E-state index in [1.807, 2.05) is 66.7 Å². The molecule has 0 bridgehead atoms. The molecule has 3 aromatic carbocycles. The number of benzene rings is 3. The number of hydrogen-bond acceptors (Lipinski definition) is 4. The van der Waals surface area contributed by atoms with Gasteiger partial charge in [-0.05, 0) is 48.4 Å². The summed E-state index contributed by atoms with van der Waals surface area (Å²) in [7, 11) is 1.62. The van der Waals surface area contributed by atoms with Gasteiger partial charge in [-0.15, -0.1) is 0 Å². The van der Waals surface area contributed by atoms with E-state index in [4.69, 9.17) is 9.47 Å². The molecule has 0 fully saturated rings. The van der Waals surface area contributed by atoms with E-state index >= 15 is 0 Å². The smallest absolute Gasteiger partial charge is 0.263 e. The molecular formula is C26H26N2O4. The van der Waals surface area contributed by atoms with Gasteiger partial charge in [0.15, 0.2) is 6.10 Å². The largest absolute Gasteiger partial charge is 0.497 e.